The van der Waals surface area contributed by atoms with Gasteiger partial charge in [0.15, 0.2) is 0 Å². The van der Waals surface area contributed by atoms with Gasteiger partial charge in [0.25, 0.3) is 0 Å². The van der Waals surface area contributed by atoms with Crippen molar-refractivity contribution in [2.24, 2.45) is 5.92 Å². The molecule has 26 heavy (non-hydrogen) atoms. The van der Waals surface area contributed by atoms with Crippen molar-refractivity contribution in [3.63, 3.8) is 0 Å². The number of pyridine rings is 1. The van der Waals surface area contributed by atoms with Crippen molar-refractivity contribution in [2.45, 2.75) is 44.1 Å². The molecule has 4 heteroatoms. The zero-order valence-electron chi connectivity index (χ0n) is 15.2. The van der Waals surface area contributed by atoms with E-state index < -0.39 is 0 Å². The Morgan fingerprint density at radius 1 is 1.27 bits per heavy atom. The summed E-state index contributed by atoms with van der Waals surface area (Å²) in [7, 11) is 0. The fourth-order valence-corrected chi connectivity index (χ4v) is 4.42. The molecule has 4 nitrogen and oxygen atoms in total. The molecule has 1 aromatic carbocycles. The van der Waals surface area contributed by atoms with Crippen molar-refractivity contribution in [1.82, 2.24) is 10.3 Å². The summed E-state index contributed by atoms with van der Waals surface area (Å²) >= 11 is 0. The van der Waals surface area contributed by atoms with Crippen LogP contribution in [0.3, 0.4) is 0 Å². The van der Waals surface area contributed by atoms with Crippen LogP contribution in [0.5, 0.6) is 0 Å². The van der Waals surface area contributed by atoms with Gasteiger partial charge in [-0.15, -0.1) is 0 Å². The van der Waals surface area contributed by atoms with E-state index in [0.717, 1.165) is 31.0 Å². The van der Waals surface area contributed by atoms with Crippen molar-refractivity contribution >= 4 is 11.6 Å². The molecule has 1 saturated heterocycles. The SMILES string of the molecule is Cc1cncc(N2CC3C[C@]3(NC(=O)Cc3ccc(C4CC4)cc3)C2)c1. The minimum Gasteiger partial charge on any atom is -0.368 e. The Kier molecular flexibility index (Phi) is 3.56. The summed E-state index contributed by atoms with van der Waals surface area (Å²) in [4.78, 5) is 19.2. The van der Waals surface area contributed by atoms with Crippen LogP contribution in [0.25, 0.3) is 0 Å². The molecule has 0 radical (unpaired) electrons. The van der Waals surface area contributed by atoms with E-state index in [1.807, 2.05) is 12.4 Å². The van der Waals surface area contributed by atoms with E-state index >= 15 is 0 Å². The van der Waals surface area contributed by atoms with E-state index in [1.165, 1.54) is 29.7 Å². The standard InChI is InChI=1S/C22H25N3O/c1-15-8-20(12-23-11-15)25-13-19-10-22(19,14-25)24-21(26)9-16-2-4-17(5-3-16)18-6-7-18/h2-5,8,11-12,18-19H,6-7,9-10,13-14H2,1H3,(H,24,26)/t19?,22-/m0/s1. The average molecular weight is 347 g/mol. The van der Waals surface area contributed by atoms with Gasteiger partial charge in [0.2, 0.25) is 5.91 Å². The molecule has 2 atom stereocenters. The van der Waals surface area contributed by atoms with Gasteiger partial charge in [0.1, 0.15) is 0 Å². The zero-order chi connectivity index (χ0) is 17.7. The fraction of sp³-hybridized carbons (Fsp3) is 0.455. The quantitative estimate of drug-likeness (QED) is 0.903. The van der Waals surface area contributed by atoms with Gasteiger partial charge in [-0.25, -0.2) is 0 Å². The van der Waals surface area contributed by atoms with E-state index in [-0.39, 0.29) is 11.4 Å². The van der Waals surface area contributed by atoms with Gasteiger partial charge in [-0.3, -0.25) is 9.78 Å². The van der Waals surface area contributed by atoms with Gasteiger partial charge in [-0.2, -0.15) is 0 Å². The summed E-state index contributed by atoms with van der Waals surface area (Å²) in [6.45, 7) is 3.98. The van der Waals surface area contributed by atoms with Crippen LogP contribution in [-0.2, 0) is 11.2 Å². The van der Waals surface area contributed by atoms with Crippen molar-refractivity contribution in [1.29, 1.82) is 0 Å². The van der Waals surface area contributed by atoms with Gasteiger partial charge >= 0.3 is 0 Å². The summed E-state index contributed by atoms with van der Waals surface area (Å²) in [6, 6.07) is 10.8. The maximum atomic E-state index is 12.6. The summed E-state index contributed by atoms with van der Waals surface area (Å²) in [5, 5.41) is 3.34. The maximum Gasteiger partial charge on any atom is 0.224 e. The number of amides is 1. The van der Waals surface area contributed by atoms with E-state index in [0.29, 0.717) is 12.3 Å². The van der Waals surface area contributed by atoms with Crippen LogP contribution in [0.15, 0.2) is 42.7 Å². The van der Waals surface area contributed by atoms with Gasteiger partial charge in [-0.05, 0) is 54.9 Å². The Hall–Kier alpha value is -2.36. The zero-order valence-corrected chi connectivity index (χ0v) is 15.2. The lowest BCUT2D eigenvalue weighted by atomic mass is 10.1. The number of hydrogen-bond acceptors (Lipinski definition) is 3. The van der Waals surface area contributed by atoms with E-state index in [2.05, 4.69) is 52.5 Å². The number of aryl methyl sites for hydroxylation is 1. The summed E-state index contributed by atoms with van der Waals surface area (Å²) in [6.07, 6.45) is 8.02. The third kappa shape index (κ3) is 2.98. The minimum atomic E-state index is -0.0191. The molecule has 1 amide bonds. The molecule has 0 spiro atoms. The second-order valence-electron chi connectivity index (χ2n) is 8.40. The Balaban J connectivity index is 1.20. The predicted octanol–water partition coefficient (Wildman–Crippen LogP) is 3.21. The topological polar surface area (TPSA) is 45.2 Å². The molecule has 3 aliphatic rings. The Morgan fingerprint density at radius 2 is 2.08 bits per heavy atom. The number of benzene rings is 1. The predicted molar refractivity (Wildman–Crippen MR) is 102 cm³/mol. The molecule has 2 heterocycles. The molecule has 1 aromatic heterocycles. The van der Waals surface area contributed by atoms with Crippen molar-refractivity contribution < 1.29 is 4.79 Å². The normalized spacial score (nSPS) is 26.5. The van der Waals surface area contributed by atoms with Crippen LogP contribution in [-0.4, -0.2) is 29.5 Å². The van der Waals surface area contributed by atoms with E-state index in [4.69, 9.17) is 0 Å². The molecule has 2 aliphatic carbocycles. The van der Waals surface area contributed by atoms with Gasteiger partial charge in [-0.1, -0.05) is 24.3 Å². The maximum absolute atomic E-state index is 12.6. The molecular weight excluding hydrogens is 322 g/mol. The first-order valence-electron chi connectivity index (χ1n) is 9.68. The molecule has 1 N–H and O–H groups in total. The van der Waals surface area contributed by atoms with Crippen molar-refractivity contribution in [3.8, 4) is 0 Å². The number of nitrogens with one attached hydrogen (secondary N) is 1. The lowest BCUT2D eigenvalue weighted by molar-refractivity contribution is -0.121. The summed E-state index contributed by atoms with van der Waals surface area (Å²) in [5.41, 5.74) is 4.86. The molecule has 134 valence electrons. The first-order valence-corrected chi connectivity index (χ1v) is 9.68. The molecule has 2 aromatic rings. The lowest BCUT2D eigenvalue weighted by Crippen LogP contribution is -2.43. The molecule has 1 unspecified atom stereocenters. The van der Waals surface area contributed by atoms with Crippen molar-refractivity contribution in [2.75, 3.05) is 18.0 Å². The van der Waals surface area contributed by atoms with Crippen LogP contribution >= 0.6 is 0 Å². The molecule has 0 bridgehead atoms. The van der Waals surface area contributed by atoms with Crippen LogP contribution in [0.1, 0.15) is 41.9 Å². The first kappa shape index (κ1) is 15.9. The van der Waals surface area contributed by atoms with E-state index in [9.17, 15) is 4.79 Å². The number of rotatable bonds is 5. The largest absolute Gasteiger partial charge is 0.368 e. The summed E-state index contributed by atoms with van der Waals surface area (Å²) < 4.78 is 0. The molecule has 3 fully saturated rings. The minimum absolute atomic E-state index is 0.0191. The Labute approximate surface area is 154 Å². The average Bonchev–Trinajstić information content (AvgIpc) is 3.54. The monoisotopic (exact) mass is 347 g/mol. The van der Waals surface area contributed by atoms with Crippen molar-refractivity contribution in [3.05, 3.63) is 59.4 Å². The number of anilines is 1. The summed E-state index contributed by atoms with van der Waals surface area (Å²) in [5.74, 6) is 1.49. The second kappa shape index (κ2) is 5.83. The number of piperidine rings is 1. The van der Waals surface area contributed by atoms with Gasteiger partial charge in [0, 0.05) is 25.2 Å². The Bertz CT molecular complexity index is 843. The number of aromatic nitrogens is 1. The Morgan fingerprint density at radius 3 is 2.81 bits per heavy atom. The molecule has 1 aliphatic heterocycles. The third-order valence-electron chi connectivity index (χ3n) is 6.15. The van der Waals surface area contributed by atoms with Crippen LogP contribution in [0.2, 0.25) is 0 Å². The van der Waals surface area contributed by atoms with Gasteiger partial charge < -0.3 is 10.2 Å². The molecular formula is C22H25N3O. The highest BCUT2D eigenvalue weighted by molar-refractivity contribution is 5.80. The lowest BCUT2D eigenvalue weighted by Gasteiger charge is -2.23. The molecule has 5 rings (SSSR count). The second-order valence-corrected chi connectivity index (χ2v) is 8.40. The number of nitrogens with zero attached hydrogens (tertiary/aromatic N) is 2. The van der Waals surface area contributed by atoms with Gasteiger partial charge in [0.05, 0.1) is 23.8 Å². The highest BCUT2D eigenvalue weighted by atomic mass is 16.1. The number of hydrogen-bond donors (Lipinski definition) is 1. The highest BCUT2D eigenvalue weighted by Gasteiger charge is 2.60. The fourth-order valence-electron chi connectivity index (χ4n) is 4.42. The number of carbonyl (C=O) groups is 1. The smallest absolute Gasteiger partial charge is 0.224 e. The molecule has 2 saturated carbocycles. The first-order chi connectivity index (χ1) is 12.6. The van der Waals surface area contributed by atoms with Crippen LogP contribution < -0.4 is 10.2 Å². The van der Waals surface area contributed by atoms with E-state index in [1.54, 1.807) is 0 Å². The highest BCUT2D eigenvalue weighted by Crippen LogP contribution is 2.50. The van der Waals surface area contributed by atoms with Crippen LogP contribution in [0, 0.1) is 12.8 Å². The number of carbonyl (C=O) groups excluding carboxylic acids is 1. The van der Waals surface area contributed by atoms with Crippen LogP contribution in [0.4, 0.5) is 5.69 Å². The number of fused-ring (bicyclic) bond motifs is 1. The third-order valence-corrected chi connectivity index (χ3v) is 6.15.